The Morgan fingerprint density at radius 2 is 2.00 bits per heavy atom. The number of carbonyl (C=O) groups is 1. The van der Waals surface area contributed by atoms with E-state index in [0.29, 0.717) is 5.56 Å². The van der Waals surface area contributed by atoms with Gasteiger partial charge in [0.15, 0.2) is 0 Å². The summed E-state index contributed by atoms with van der Waals surface area (Å²) in [5.41, 5.74) is 0.558. The van der Waals surface area contributed by atoms with Gasteiger partial charge in [0.2, 0.25) is 0 Å². The summed E-state index contributed by atoms with van der Waals surface area (Å²) in [5, 5.41) is 2.13. The second-order valence-electron chi connectivity index (χ2n) is 3.58. The molecule has 1 rings (SSSR count). The largest absolute Gasteiger partial charge is 0.390 e. The topological polar surface area (TPSA) is 29.1 Å². The highest BCUT2D eigenvalue weighted by Gasteiger charge is 2.26. The number of hydrogen-bond donors (Lipinski definition) is 1. The van der Waals surface area contributed by atoms with E-state index in [-0.39, 0.29) is 5.56 Å². The van der Waals surface area contributed by atoms with Crippen LogP contribution >= 0.6 is 0 Å². The van der Waals surface area contributed by atoms with Gasteiger partial charge in [-0.3, -0.25) is 4.79 Å². The summed E-state index contributed by atoms with van der Waals surface area (Å²) in [7, 11) is 0. The van der Waals surface area contributed by atoms with E-state index in [9.17, 15) is 22.4 Å². The first-order valence-corrected chi connectivity index (χ1v) is 4.91. The highest BCUT2D eigenvalue weighted by atomic mass is 19.4. The van der Waals surface area contributed by atoms with Crippen LogP contribution in [0.5, 0.6) is 0 Å². The molecule has 1 N–H and O–H groups in total. The molecule has 94 valence electrons. The minimum Gasteiger partial charge on any atom is -0.352 e. The smallest absolute Gasteiger partial charge is 0.352 e. The molecule has 17 heavy (non-hydrogen) atoms. The van der Waals surface area contributed by atoms with Crippen molar-refractivity contribution in [1.82, 2.24) is 5.32 Å². The van der Waals surface area contributed by atoms with Crippen molar-refractivity contribution in [1.29, 1.82) is 0 Å². The SMILES string of the molecule is Cc1cc(F)ccc1C(=O)NCCC(F)(F)F. The van der Waals surface area contributed by atoms with Crippen LogP contribution in [0.2, 0.25) is 0 Å². The van der Waals surface area contributed by atoms with Gasteiger partial charge < -0.3 is 5.32 Å². The van der Waals surface area contributed by atoms with Crippen molar-refractivity contribution in [2.75, 3.05) is 6.54 Å². The molecule has 0 radical (unpaired) electrons. The average molecular weight is 249 g/mol. The van der Waals surface area contributed by atoms with Gasteiger partial charge in [0, 0.05) is 12.1 Å². The summed E-state index contributed by atoms with van der Waals surface area (Å²) in [5.74, 6) is -1.12. The molecule has 0 bridgehead atoms. The van der Waals surface area contributed by atoms with Gasteiger partial charge in [-0.25, -0.2) is 4.39 Å². The number of carbonyl (C=O) groups excluding carboxylic acids is 1. The Balaban J connectivity index is 2.59. The van der Waals surface area contributed by atoms with Crippen LogP contribution in [-0.4, -0.2) is 18.6 Å². The van der Waals surface area contributed by atoms with Crippen LogP contribution in [0.4, 0.5) is 17.6 Å². The number of halogens is 4. The van der Waals surface area contributed by atoms with Crippen molar-refractivity contribution >= 4 is 5.91 Å². The van der Waals surface area contributed by atoms with Gasteiger partial charge in [0.1, 0.15) is 5.82 Å². The second-order valence-corrected chi connectivity index (χ2v) is 3.58. The molecular formula is C11H11F4NO. The Bertz CT molecular complexity index is 414. The maximum Gasteiger partial charge on any atom is 0.390 e. The molecule has 0 aliphatic carbocycles. The zero-order chi connectivity index (χ0) is 13.1. The molecule has 0 unspecified atom stereocenters. The average Bonchev–Trinajstić information content (AvgIpc) is 2.15. The zero-order valence-electron chi connectivity index (χ0n) is 9.07. The normalized spacial score (nSPS) is 11.4. The minimum absolute atomic E-state index is 0.175. The summed E-state index contributed by atoms with van der Waals surface area (Å²) in [6.45, 7) is 1.03. The highest BCUT2D eigenvalue weighted by Crippen LogP contribution is 2.18. The third-order valence-electron chi connectivity index (χ3n) is 2.13. The first kappa shape index (κ1) is 13.5. The molecule has 0 aliphatic rings. The Morgan fingerprint density at radius 3 is 2.53 bits per heavy atom. The molecular weight excluding hydrogens is 238 g/mol. The molecule has 0 saturated heterocycles. The van der Waals surface area contributed by atoms with E-state index in [1.54, 1.807) is 0 Å². The molecule has 1 aromatic carbocycles. The van der Waals surface area contributed by atoms with Gasteiger partial charge in [-0.05, 0) is 30.7 Å². The molecule has 0 fully saturated rings. The van der Waals surface area contributed by atoms with Crippen LogP contribution in [0.1, 0.15) is 22.3 Å². The number of rotatable bonds is 3. The molecule has 0 aliphatic heterocycles. The monoisotopic (exact) mass is 249 g/mol. The van der Waals surface area contributed by atoms with Gasteiger partial charge >= 0.3 is 6.18 Å². The molecule has 1 aromatic rings. The highest BCUT2D eigenvalue weighted by molar-refractivity contribution is 5.95. The number of nitrogens with one attached hydrogen (secondary N) is 1. The lowest BCUT2D eigenvalue weighted by atomic mass is 10.1. The van der Waals surface area contributed by atoms with E-state index < -0.39 is 30.9 Å². The van der Waals surface area contributed by atoms with E-state index >= 15 is 0 Å². The van der Waals surface area contributed by atoms with Crippen LogP contribution in [0, 0.1) is 12.7 Å². The Hall–Kier alpha value is -1.59. The third kappa shape index (κ3) is 4.42. The van der Waals surface area contributed by atoms with Crippen molar-refractivity contribution in [2.24, 2.45) is 0 Å². The second kappa shape index (κ2) is 5.16. The quantitative estimate of drug-likeness (QED) is 0.820. The molecule has 0 atom stereocenters. The number of amides is 1. The number of hydrogen-bond acceptors (Lipinski definition) is 1. The van der Waals surface area contributed by atoms with Crippen LogP contribution in [-0.2, 0) is 0 Å². The van der Waals surface area contributed by atoms with E-state index in [1.807, 2.05) is 0 Å². The van der Waals surface area contributed by atoms with Gasteiger partial charge in [0.05, 0.1) is 6.42 Å². The lowest BCUT2D eigenvalue weighted by molar-refractivity contribution is -0.132. The summed E-state index contributed by atoms with van der Waals surface area (Å²) in [6.07, 6.45) is -5.38. The van der Waals surface area contributed by atoms with Crippen molar-refractivity contribution in [2.45, 2.75) is 19.5 Å². The predicted molar refractivity (Wildman–Crippen MR) is 54.1 cm³/mol. The van der Waals surface area contributed by atoms with Gasteiger partial charge in [-0.1, -0.05) is 0 Å². The van der Waals surface area contributed by atoms with Crippen LogP contribution in [0.3, 0.4) is 0 Å². The van der Waals surface area contributed by atoms with E-state index in [1.165, 1.54) is 13.0 Å². The lowest BCUT2D eigenvalue weighted by Gasteiger charge is -2.09. The predicted octanol–water partition coefficient (Wildman–Crippen LogP) is 2.82. The molecule has 6 heteroatoms. The lowest BCUT2D eigenvalue weighted by Crippen LogP contribution is -2.28. The Labute approximate surface area is 95.6 Å². The van der Waals surface area contributed by atoms with Crippen LogP contribution in [0.15, 0.2) is 18.2 Å². The standard InChI is InChI=1S/C11H11F4NO/c1-7-6-8(12)2-3-9(7)10(17)16-5-4-11(13,14)15/h2-3,6H,4-5H2,1H3,(H,16,17). The first-order valence-electron chi connectivity index (χ1n) is 4.91. The van der Waals surface area contributed by atoms with Crippen molar-refractivity contribution in [3.63, 3.8) is 0 Å². The molecule has 0 spiro atoms. The number of alkyl halides is 3. The summed E-state index contributed by atoms with van der Waals surface area (Å²) >= 11 is 0. The maximum absolute atomic E-state index is 12.7. The van der Waals surface area contributed by atoms with E-state index in [0.717, 1.165) is 12.1 Å². The third-order valence-corrected chi connectivity index (χ3v) is 2.13. The fraction of sp³-hybridized carbons (Fsp3) is 0.364. The molecule has 0 saturated carbocycles. The molecule has 2 nitrogen and oxygen atoms in total. The van der Waals surface area contributed by atoms with Crippen molar-refractivity contribution < 1.29 is 22.4 Å². The van der Waals surface area contributed by atoms with Gasteiger partial charge in [0.25, 0.3) is 5.91 Å². The zero-order valence-corrected chi connectivity index (χ0v) is 9.07. The van der Waals surface area contributed by atoms with Crippen LogP contribution < -0.4 is 5.32 Å². The number of benzene rings is 1. The Morgan fingerprint density at radius 1 is 1.35 bits per heavy atom. The summed E-state index contributed by atoms with van der Waals surface area (Å²) in [4.78, 5) is 11.5. The fourth-order valence-electron chi connectivity index (χ4n) is 1.29. The molecule has 0 heterocycles. The first-order chi connectivity index (χ1) is 7.79. The van der Waals surface area contributed by atoms with E-state index in [2.05, 4.69) is 5.32 Å². The Kier molecular flexibility index (Phi) is 4.09. The van der Waals surface area contributed by atoms with E-state index in [4.69, 9.17) is 0 Å². The van der Waals surface area contributed by atoms with Gasteiger partial charge in [-0.2, -0.15) is 13.2 Å². The minimum atomic E-state index is -4.30. The van der Waals surface area contributed by atoms with Crippen LogP contribution in [0.25, 0.3) is 0 Å². The molecule has 0 aromatic heterocycles. The summed E-state index contributed by atoms with van der Waals surface area (Å²) in [6, 6.07) is 3.48. The van der Waals surface area contributed by atoms with Crippen molar-refractivity contribution in [3.8, 4) is 0 Å². The molecule has 1 amide bonds. The van der Waals surface area contributed by atoms with Crippen molar-refractivity contribution in [3.05, 3.63) is 35.1 Å². The van der Waals surface area contributed by atoms with Gasteiger partial charge in [-0.15, -0.1) is 0 Å². The summed E-state index contributed by atoms with van der Waals surface area (Å²) < 4.78 is 48.3. The fourth-order valence-corrected chi connectivity index (χ4v) is 1.29. The maximum atomic E-state index is 12.7. The number of aryl methyl sites for hydroxylation is 1.